The van der Waals surface area contributed by atoms with Gasteiger partial charge in [-0.3, -0.25) is 4.79 Å². The van der Waals surface area contributed by atoms with E-state index >= 15 is 0 Å². The lowest BCUT2D eigenvalue weighted by Crippen LogP contribution is -2.07. The summed E-state index contributed by atoms with van der Waals surface area (Å²) in [6, 6.07) is 26.7. The fraction of sp³-hybridized carbons (Fsp3) is 0.160. The zero-order chi connectivity index (χ0) is 20.1. The second-order valence-electron chi connectivity index (χ2n) is 6.97. The molecule has 0 saturated heterocycles. The van der Waals surface area contributed by atoms with Gasteiger partial charge < -0.3 is 14.6 Å². The number of aromatic nitrogens is 1. The van der Waals surface area contributed by atoms with E-state index in [1.54, 1.807) is 0 Å². The van der Waals surface area contributed by atoms with Crippen LogP contribution in [0.4, 0.5) is 11.4 Å². The number of benzene rings is 3. The molecule has 0 spiro atoms. The van der Waals surface area contributed by atoms with Gasteiger partial charge in [0.15, 0.2) is 0 Å². The maximum Gasteiger partial charge on any atom is 0.310 e. The summed E-state index contributed by atoms with van der Waals surface area (Å²) in [4.78, 5) is 12.0. The number of carbonyl (C=O) groups excluding carboxylic acids is 1. The highest BCUT2D eigenvalue weighted by Gasteiger charge is 2.12. The smallest absolute Gasteiger partial charge is 0.310 e. The third kappa shape index (κ3) is 4.49. The van der Waals surface area contributed by atoms with Crippen molar-refractivity contribution in [1.29, 1.82) is 0 Å². The summed E-state index contributed by atoms with van der Waals surface area (Å²) in [6.07, 6.45) is 2.36. The maximum atomic E-state index is 12.0. The summed E-state index contributed by atoms with van der Waals surface area (Å²) in [5.74, 6) is -0.190. The molecule has 4 aromatic rings. The molecule has 146 valence electrons. The SMILES string of the molecule is CCOC(=O)Cc1cn(Cc2cccc(Nc3ccccc3)c2)c2ccccc12. The van der Waals surface area contributed by atoms with Gasteiger partial charge in [-0.15, -0.1) is 0 Å². The zero-order valence-corrected chi connectivity index (χ0v) is 16.5. The zero-order valence-electron chi connectivity index (χ0n) is 16.5. The number of fused-ring (bicyclic) bond motifs is 1. The van der Waals surface area contributed by atoms with E-state index in [4.69, 9.17) is 4.74 Å². The monoisotopic (exact) mass is 384 g/mol. The molecule has 29 heavy (non-hydrogen) atoms. The standard InChI is InChI=1S/C25H24N2O2/c1-2-29-25(28)16-20-18-27(24-14-7-6-13-23(20)24)17-19-9-8-12-22(15-19)26-21-10-4-3-5-11-21/h3-15,18,26H,2,16-17H2,1H3. The first kappa shape index (κ1) is 18.8. The summed E-state index contributed by atoms with van der Waals surface area (Å²) in [7, 11) is 0. The average Bonchev–Trinajstić information content (AvgIpc) is 3.06. The summed E-state index contributed by atoms with van der Waals surface area (Å²) in [5.41, 5.74) is 5.42. The molecule has 0 aliphatic rings. The average molecular weight is 384 g/mol. The van der Waals surface area contributed by atoms with Crippen molar-refractivity contribution in [3.8, 4) is 0 Å². The fourth-order valence-corrected chi connectivity index (χ4v) is 3.59. The van der Waals surface area contributed by atoms with E-state index in [0.29, 0.717) is 6.61 Å². The summed E-state index contributed by atoms with van der Waals surface area (Å²) < 4.78 is 7.34. The normalized spacial score (nSPS) is 10.8. The van der Waals surface area contributed by atoms with Crippen LogP contribution in [0.5, 0.6) is 0 Å². The number of hydrogen-bond donors (Lipinski definition) is 1. The second kappa shape index (κ2) is 8.65. The van der Waals surface area contributed by atoms with Crippen molar-refractivity contribution in [2.24, 2.45) is 0 Å². The predicted molar refractivity (Wildman–Crippen MR) is 118 cm³/mol. The molecule has 4 rings (SSSR count). The minimum atomic E-state index is -0.190. The highest BCUT2D eigenvalue weighted by Crippen LogP contribution is 2.24. The molecule has 0 atom stereocenters. The van der Waals surface area contributed by atoms with Crippen molar-refractivity contribution >= 4 is 28.2 Å². The number of rotatable bonds is 7. The highest BCUT2D eigenvalue weighted by molar-refractivity contribution is 5.88. The lowest BCUT2D eigenvalue weighted by atomic mass is 10.1. The number of ether oxygens (including phenoxy) is 1. The molecule has 0 saturated carbocycles. The minimum absolute atomic E-state index is 0.190. The van der Waals surface area contributed by atoms with Crippen LogP contribution in [0.1, 0.15) is 18.1 Å². The molecule has 0 aliphatic carbocycles. The van der Waals surface area contributed by atoms with Crippen molar-refractivity contribution in [2.45, 2.75) is 19.9 Å². The van der Waals surface area contributed by atoms with E-state index in [-0.39, 0.29) is 12.4 Å². The minimum Gasteiger partial charge on any atom is -0.466 e. The summed E-state index contributed by atoms with van der Waals surface area (Å²) in [5, 5.41) is 4.54. The summed E-state index contributed by atoms with van der Waals surface area (Å²) >= 11 is 0. The van der Waals surface area contributed by atoms with Gasteiger partial charge in [-0.05, 0) is 48.4 Å². The Kier molecular flexibility index (Phi) is 5.61. The third-order valence-corrected chi connectivity index (χ3v) is 4.85. The van der Waals surface area contributed by atoms with Gasteiger partial charge in [0.2, 0.25) is 0 Å². The molecule has 3 aromatic carbocycles. The van der Waals surface area contributed by atoms with Crippen LogP contribution in [0.2, 0.25) is 0 Å². The topological polar surface area (TPSA) is 43.3 Å². The van der Waals surface area contributed by atoms with Gasteiger partial charge in [-0.25, -0.2) is 0 Å². The molecule has 0 radical (unpaired) electrons. The van der Waals surface area contributed by atoms with Gasteiger partial charge in [0.25, 0.3) is 0 Å². The van der Waals surface area contributed by atoms with E-state index in [1.807, 2.05) is 49.4 Å². The molecule has 0 fully saturated rings. The third-order valence-electron chi connectivity index (χ3n) is 4.85. The number of esters is 1. The van der Waals surface area contributed by atoms with Gasteiger partial charge in [0.1, 0.15) is 0 Å². The Hall–Kier alpha value is -3.53. The molecular formula is C25H24N2O2. The van der Waals surface area contributed by atoms with Gasteiger partial charge in [-0.1, -0.05) is 48.5 Å². The molecule has 4 nitrogen and oxygen atoms in total. The lowest BCUT2D eigenvalue weighted by Gasteiger charge is -2.10. The highest BCUT2D eigenvalue weighted by atomic mass is 16.5. The van der Waals surface area contributed by atoms with Gasteiger partial charge in [-0.2, -0.15) is 0 Å². The molecule has 1 aromatic heterocycles. The molecule has 1 heterocycles. The van der Waals surface area contributed by atoms with Crippen LogP contribution in [0, 0.1) is 0 Å². The van der Waals surface area contributed by atoms with Crippen LogP contribution in [-0.2, 0) is 22.5 Å². The first-order valence-electron chi connectivity index (χ1n) is 9.86. The Morgan fingerprint density at radius 1 is 0.931 bits per heavy atom. The number of para-hydroxylation sites is 2. The van der Waals surface area contributed by atoms with Crippen LogP contribution in [-0.4, -0.2) is 17.1 Å². The molecule has 4 heteroatoms. The first-order chi connectivity index (χ1) is 14.2. The number of carbonyl (C=O) groups is 1. The maximum absolute atomic E-state index is 12.0. The fourth-order valence-electron chi connectivity index (χ4n) is 3.59. The van der Waals surface area contributed by atoms with Crippen molar-refractivity contribution in [1.82, 2.24) is 4.57 Å². The van der Waals surface area contributed by atoms with Crippen LogP contribution >= 0.6 is 0 Å². The molecule has 0 bridgehead atoms. The van der Waals surface area contributed by atoms with Crippen molar-refractivity contribution < 1.29 is 9.53 Å². The largest absolute Gasteiger partial charge is 0.466 e. The van der Waals surface area contributed by atoms with E-state index in [1.165, 1.54) is 5.56 Å². The van der Waals surface area contributed by atoms with Crippen LogP contribution in [0.15, 0.2) is 85.1 Å². The number of anilines is 2. The number of hydrogen-bond acceptors (Lipinski definition) is 3. The molecule has 0 amide bonds. The molecule has 1 N–H and O–H groups in total. The Morgan fingerprint density at radius 2 is 1.69 bits per heavy atom. The van der Waals surface area contributed by atoms with Crippen LogP contribution in [0.3, 0.4) is 0 Å². The lowest BCUT2D eigenvalue weighted by molar-refractivity contribution is -0.142. The van der Waals surface area contributed by atoms with Crippen molar-refractivity contribution in [2.75, 3.05) is 11.9 Å². The molecular weight excluding hydrogens is 360 g/mol. The second-order valence-corrected chi connectivity index (χ2v) is 6.97. The van der Waals surface area contributed by atoms with Crippen LogP contribution < -0.4 is 5.32 Å². The van der Waals surface area contributed by atoms with Crippen molar-refractivity contribution in [3.05, 3.63) is 96.2 Å². The Morgan fingerprint density at radius 3 is 2.52 bits per heavy atom. The van der Waals surface area contributed by atoms with E-state index in [2.05, 4.69) is 52.5 Å². The van der Waals surface area contributed by atoms with E-state index in [0.717, 1.165) is 34.4 Å². The quantitative estimate of drug-likeness (QED) is 0.426. The van der Waals surface area contributed by atoms with Gasteiger partial charge >= 0.3 is 5.97 Å². The molecule has 0 unspecified atom stereocenters. The number of nitrogens with one attached hydrogen (secondary N) is 1. The van der Waals surface area contributed by atoms with Crippen LogP contribution in [0.25, 0.3) is 10.9 Å². The number of nitrogens with zero attached hydrogens (tertiary/aromatic N) is 1. The molecule has 0 aliphatic heterocycles. The van der Waals surface area contributed by atoms with Crippen molar-refractivity contribution in [3.63, 3.8) is 0 Å². The summed E-state index contributed by atoms with van der Waals surface area (Å²) in [6.45, 7) is 2.96. The van der Waals surface area contributed by atoms with E-state index in [9.17, 15) is 4.79 Å². The van der Waals surface area contributed by atoms with E-state index < -0.39 is 0 Å². The Bertz CT molecular complexity index is 1120. The van der Waals surface area contributed by atoms with Gasteiger partial charge in [0, 0.05) is 35.0 Å². The Labute approximate surface area is 170 Å². The van der Waals surface area contributed by atoms with Gasteiger partial charge in [0.05, 0.1) is 13.0 Å². The Balaban J connectivity index is 1.59. The first-order valence-corrected chi connectivity index (χ1v) is 9.86. The predicted octanol–water partition coefficient (Wildman–Crippen LogP) is 5.54.